The van der Waals surface area contributed by atoms with E-state index in [4.69, 9.17) is 0 Å². The fourth-order valence-electron chi connectivity index (χ4n) is 2.08. The minimum atomic E-state index is -0.329. The maximum atomic E-state index is 11.2. The lowest BCUT2D eigenvalue weighted by atomic mass is 10.1. The number of aryl methyl sites for hydroxylation is 1. The van der Waals surface area contributed by atoms with Crippen LogP contribution in [0.4, 0.5) is 0 Å². The van der Waals surface area contributed by atoms with Gasteiger partial charge in [0.1, 0.15) is 5.82 Å². The van der Waals surface area contributed by atoms with E-state index in [9.17, 15) is 4.79 Å². The largest absolute Gasteiger partial charge is 0.361 e. The highest BCUT2D eigenvalue weighted by atomic mass is 16.1. The topological polar surface area (TPSA) is 50.7 Å². The molecule has 0 amide bonds. The van der Waals surface area contributed by atoms with Gasteiger partial charge in [-0.3, -0.25) is 0 Å². The fourth-order valence-corrected chi connectivity index (χ4v) is 2.08. The van der Waals surface area contributed by atoms with Crippen molar-refractivity contribution < 1.29 is 0 Å². The van der Waals surface area contributed by atoms with Gasteiger partial charge < -0.3 is 0 Å². The average Bonchev–Trinajstić information content (AvgIpc) is 2.79. The molecule has 4 heteroatoms. The second kappa shape index (κ2) is 4.57. The first-order valence-corrected chi connectivity index (χ1v) is 6.05. The van der Waals surface area contributed by atoms with Crippen molar-refractivity contribution in [3.05, 3.63) is 70.9 Å². The van der Waals surface area contributed by atoms with Gasteiger partial charge in [-0.15, -0.1) is 0 Å². The number of benzene rings is 2. The van der Waals surface area contributed by atoms with Gasteiger partial charge in [0.05, 0.1) is 5.69 Å². The Hall–Kier alpha value is -2.62. The van der Waals surface area contributed by atoms with E-state index in [0.29, 0.717) is 5.82 Å². The second-order valence-corrected chi connectivity index (χ2v) is 4.32. The molecule has 0 atom stereocenters. The molecule has 0 unspecified atom stereocenters. The predicted octanol–water partition coefficient (Wildman–Crippen LogP) is 2.54. The smallest absolute Gasteiger partial charge is 0.244 e. The number of nitrogens with zero attached hydrogens (tertiary/aromatic N) is 2. The molecule has 3 aromatic rings. The Morgan fingerprint density at radius 1 is 0.947 bits per heavy atom. The number of nitrogens with one attached hydrogen (secondary N) is 1. The van der Waals surface area contributed by atoms with Crippen LogP contribution in [0.25, 0.3) is 16.8 Å². The molecular weight excluding hydrogens is 238 g/mol. The summed E-state index contributed by atoms with van der Waals surface area (Å²) in [5, 5.41) is 2.67. The van der Waals surface area contributed by atoms with Gasteiger partial charge in [-0.25, -0.2) is 14.6 Å². The van der Waals surface area contributed by atoms with Gasteiger partial charge in [-0.1, -0.05) is 42.5 Å². The molecule has 0 saturated heterocycles. The zero-order chi connectivity index (χ0) is 13.2. The summed E-state index contributed by atoms with van der Waals surface area (Å²) in [6.07, 6.45) is 0. The van der Waals surface area contributed by atoms with Gasteiger partial charge in [0.15, 0.2) is 0 Å². The number of H-pyrrole nitrogens is 1. The molecule has 1 N–H and O–H groups in total. The van der Waals surface area contributed by atoms with Crippen LogP contribution in [-0.4, -0.2) is 14.8 Å². The lowest BCUT2D eigenvalue weighted by Crippen LogP contribution is -2.05. The van der Waals surface area contributed by atoms with E-state index < -0.39 is 0 Å². The molecular formula is C15H13N3O. The normalized spacial score (nSPS) is 10.6. The zero-order valence-corrected chi connectivity index (χ0v) is 10.5. The molecule has 0 bridgehead atoms. The minimum Gasteiger partial charge on any atom is -0.244 e. The lowest BCUT2D eigenvalue weighted by molar-refractivity contribution is 0.832. The van der Waals surface area contributed by atoms with E-state index in [-0.39, 0.29) is 5.69 Å². The quantitative estimate of drug-likeness (QED) is 0.761. The summed E-state index contributed by atoms with van der Waals surface area (Å²) < 4.78 is 1.68. The molecule has 3 rings (SSSR count). The molecule has 94 valence electrons. The average molecular weight is 251 g/mol. The van der Waals surface area contributed by atoms with Crippen molar-refractivity contribution in [2.45, 2.75) is 6.92 Å². The Labute approximate surface area is 110 Å². The SMILES string of the molecule is Cc1nc(=O)[nH]n1-c1ccc(-c2ccccc2)cc1. The van der Waals surface area contributed by atoms with Gasteiger partial charge in [-0.2, -0.15) is 4.98 Å². The second-order valence-electron chi connectivity index (χ2n) is 4.32. The van der Waals surface area contributed by atoms with Crippen LogP contribution in [0, 0.1) is 6.92 Å². The van der Waals surface area contributed by atoms with Crippen LogP contribution in [0.3, 0.4) is 0 Å². The van der Waals surface area contributed by atoms with Gasteiger partial charge in [0, 0.05) is 0 Å². The standard InChI is InChI=1S/C15H13N3O/c1-11-16-15(19)17-18(11)14-9-7-13(8-10-14)12-5-3-2-4-6-12/h2-10H,1H3,(H,17,19). The van der Waals surface area contributed by atoms with Crippen LogP contribution < -0.4 is 5.69 Å². The molecule has 2 aromatic carbocycles. The number of rotatable bonds is 2. The molecule has 0 spiro atoms. The first-order chi connectivity index (χ1) is 9.24. The highest BCUT2D eigenvalue weighted by Gasteiger charge is 2.04. The van der Waals surface area contributed by atoms with Crippen LogP contribution in [0.2, 0.25) is 0 Å². The first-order valence-electron chi connectivity index (χ1n) is 6.05. The number of hydrogen-bond donors (Lipinski definition) is 1. The molecule has 1 aromatic heterocycles. The third kappa shape index (κ3) is 2.20. The summed E-state index contributed by atoms with van der Waals surface area (Å²) in [6.45, 7) is 1.79. The zero-order valence-electron chi connectivity index (χ0n) is 10.5. The molecule has 4 nitrogen and oxygen atoms in total. The van der Waals surface area contributed by atoms with Crippen LogP contribution in [0.5, 0.6) is 0 Å². The molecule has 0 aliphatic heterocycles. The van der Waals surface area contributed by atoms with E-state index in [0.717, 1.165) is 11.3 Å². The molecule has 0 aliphatic rings. The fraction of sp³-hybridized carbons (Fsp3) is 0.0667. The van der Waals surface area contributed by atoms with Crippen LogP contribution >= 0.6 is 0 Å². The van der Waals surface area contributed by atoms with Crippen molar-refractivity contribution in [1.29, 1.82) is 0 Å². The van der Waals surface area contributed by atoms with Crippen LogP contribution in [-0.2, 0) is 0 Å². The summed E-state index contributed by atoms with van der Waals surface area (Å²) in [6, 6.07) is 18.2. The number of aromatic amines is 1. The first kappa shape index (κ1) is 11.5. The van der Waals surface area contributed by atoms with Crippen molar-refractivity contribution in [1.82, 2.24) is 14.8 Å². The van der Waals surface area contributed by atoms with Gasteiger partial charge in [0.25, 0.3) is 0 Å². The summed E-state index contributed by atoms with van der Waals surface area (Å²) in [5.74, 6) is 0.650. The van der Waals surface area contributed by atoms with E-state index >= 15 is 0 Å². The van der Waals surface area contributed by atoms with E-state index in [1.54, 1.807) is 11.6 Å². The predicted molar refractivity (Wildman–Crippen MR) is 74.4 cm³/mol. The summed E-state index contributed by atoms with van der Waals surface area (Å²) in [7, 11) is 0. The van der Waals surface area contributed by atoms with Crippen molar-refractivity contribution >= 4 is 0 Å². The van der Waals surface area contributed by atoms with Crippen molar-refractivity contribution in [3.63, 3.8) is 0 Å². The maximum Gasteiger partial charge on any atom is 0.361 e. The molecule has 0 fully saturated rings. The lowest BCUT2D eigenvalue weighted by Gasteiger charge is -2.06. The van der Waals surface area contributed by atoms with Crippen LogP contribution in [0.15, 0.2) is 59.4 Å². The minimum absolute atomic E-state index is 0.329. The Kier molecular flexibility index (Phi) is 2.76. The van der Waals surface area contributed by atoms with E-state index in [1.165, 1.54) is 5.56 Å². The van der Waals surface area contributed by atoms with E-state index in [2.05, 4.69) is 22.2 Å². The molecule has 0 aliphatic carbocycles. The summed E-state index contributed by atoms with van der Waals surface area (Å²) >= 11 is 0. The summed E-state index contributed by atoms with van der Waals surface area (Å²) in [5.41, 5.74) is 2.88. The van der Waals surface area contributed by atoms with Gasteiger partial charge in [0.2, 0.25) is 0 Å². The summed E-state index contributed by atoms with van der Waals surface area (Å²) in [4.78, 5) is 15.0. The monoisotopic (exact) mass is 251 g/mol. The number of hydrogen-bond acceptors (Lipinski definition) is 2. The van der Waals surface area contributed by atoms with Gasteiger partial charge in [-0.05, 0) is 30.2 Å². The Balaban J connectivity index is 2.00. The third-order valence-corrected chi connectivity index (χ3v) is 3.03. The van der Waals surface area contributed by atoms with Crippen molar-refractivity contribution in [2.24, 2.45) is 0 Å². The Morgan fingerprint density at radius 2 is 1.58 bits per heavy atom. The van der Waals surface area contributed by atoms with Crippen molar-refractivity contribution in [3.8, 4) is 16.8 Å². The van der Waals surface area contributed by atoms with Crippen LogP contribution in [0.1, 0.15) is 5.82 Å². The maximum absolute atomic E-state index is 11.2. The van der Waals surface area contributed by atoms with Gasteiger partial charge >= 0.3 is 5.69 Å². The molecule has 1 heterocycles. The highest BCUT2D eigenvalue weighted by Crippen LogP contribution is 2.20. The Morgan fingerprint density at radius 3 is 2.16 bits per heavy atom. The molecule has 19 heavy (non-hydrogen) atoms. The highest BCUT2D eigenvalue weighted by molar-refractivity contribution is 5.64. The number of aromatic nitrogens is 3. The molecule has 0 saturated carbocycles. The molecule has 0 radical (unpaired) electrons. The Bertz CT molecular complexity index is 739. The van der Waals surface area contributed by atoms with Crippen molar-refractivity contribution in [2.75, 3.05) is 0 Å². The third-order valence-electron chi connectivity index (χ3n) is 3.03. The van der Waals surface area contributed by atoms with E-state index in [1.807, 2.05) is 42.5 Å².